The number of phenolic OH excluding ortho intramolecular Hbond substituents is 1. The Bertz CT molecular complexity index is 643. The molecule has 0 bridgehead atoms. The van der Waals surface area contributed by atoms with Gasteiger partial charge in [0.2, 0.25) is 0 Å². The van der Waals surface area contributed by atoms with E-state index in [1.54, 1.807) is 6.07 Å². The van der Waals surface area contributed by atoms with Crippen LogP contribution in [0.2, 0.25) is 0 Å². The van der Waals surface area contributed by atoms with Gasteiger partial charge in [0.05, 0.1) is 19.3 Å². The molecular weight excluding hydrogens is 302 g/mol. The molecule has 0 aliphatic rings. The summed E-state index contributed by atoms with van der Waals surface area (Å²) in [5.74, 6) is 0.305. The van der Waals surface area contributed by atoms with E-state index in [-0.39, 0.29) is 6.61 Å². The summed E-state index contributed by atoms with van der Waals surface area (Å²) < 4.78 is 5.57. The zero-order valence-electron chi connectivity index (χ0n) is 14.7. The van der Waals surface area contributed by atoms with Gasteiger partial charge in [-0.15, -0.1) is 0 Å². The highest BCUT2D eigenvalue weighted by Gasteiger charge is 2.12. The van der Waals surface area contributed by atoms with Crippen LogP contribution in [0, 0.1) is 13.8 Å². The molecule has 0 spiro atoms. The molecule has 130 valence electrons. The molecule has 0 aliphatic carbocycles. The standard InChI is InChI=1S/C20H27NO3/c1-15-9-18(20(23)10-16(15)2)11-21(3)12-19(22)14-24-13-17-7-5-4-6-8-17/h4-10,19,22-23H,11-14H2,1-3H3. The molecule has 1 unspecified atom stereocenters. The van der Waals surface area contributed by atoms with Gasteiger partial charge in [0.25, 0.3) is 0 Å². The van der Waals surface area contributed by atoms with E-state index >= 15 is 0 Å². The number of phenols is 1. The van der Waals surface area contributed by atoms with Crippen LogP contribution >= 0.6 is 0 Å². The highest BCUT2D eigenvalue weighted by molar-refractivity contribution is 5.40. The number of aliphatic hydroxyl groups is 1. The first-order chi connectivity index (χ1) is 11.5. The summed E-state index contributed by atoms with van der Waals surface area (Å²) >= 11 is 0. The third-order valence-corrected chi connectivity index (χ3v) is 4.08. The van der Waals surface area contributed by atoms with Crippen LogP contribution in [0.25, 0.3) is 0 Å². The van der Waals surface area contributed by atoms with Gasteiger partial charge in [0, 0.05) is 18.7 Å². The number of aliphatic hydroxyl groups excluding tert-OH is 1. The minimum atomic E-state index is -0.563. The third-order valence-electron chi connectivity index (χ3n) is 4.08. The molecular formula is C20H27NO3. The number of benzene rings is 2. The normalized spacial score (nSPS) is 12.5. The SMILES string of the molecule is Cc1cc(O)c(CN(C)CC(O)COCc2ccccc2)cc1C. The molecule has 4 nitrogen and oxygen atoms in total. The average Bonchev–Trinajstić information content (AvgIpc) is 2.53. The van der Waals surface area contributed by atoms with Crippen molar-refractivity contribution in [3.63, 3.8) is 0 Å². The van der Waals surface area contributed by atoms with E-state index in [0.29, 0.717) is 25.4 Å². The molecule has 0 aromatic heterocycles. The van der Waals surface area contributed by atoms with Crippen molar-refractivity contribution in [1.29, 1.82) is 0 Å². The maximum Gasteiger partial charge on any atom is 0.120 e. The fraction of sp³-hybridized carbons (Fsp3) is 0.400. The van der Waals surface area contributed by atoms with Crippen molar-refractivity contribution in [2.75, 3.05) is 20.2 Å². The number of hydrogen-bond acceptors (Lipinski definition) is 4. The van der Waals surface area contributed by atoms with Gasteiger partial charge in [-0.25, -0.2) is 0 Å². The Balaban J connectivity index is 1.77. The van der Waals surface area contributed by atoms with Crippen LogP contribution in [-0.4, -0.2) is 41.4 Å². The molecule has 1 atom stereocenters. The van der Waals surface area contributed by atoms with Crippen molar-refractivity contribution in [3.8, 4) is 5.75 Å². The van der Waals surface area contributed by atoms with Crippen LogP contribution in [0.4, 0.5) is 0 Å². The van der Waals surface area contributed by atoms with E-state index in [0.717, 1.165) is 22.3 Å². The Morgan fingerprint density at radius 2 is 1.75 bits per heavy atom. The fourth-order valence-electron chi connectivity index (χ4n) is 2.64. The van der Waals surface area contributed by atoms with Crippen LogP contribution in [0.5, 0.6) is 5.75 Å². The number of likely N-dealkylation sites (N-methyl/N-ethyl adjacent to an activating group) is 1. The van der Waals surface area contributed by atoms with Gasteiger partial charge >= 0.3 is 0 Å². The van der Waals surface area contributed by atoms with E-state index in [1.807, 2.05) is 62.2 Å². The molecule has 24 heavy (non-hydrogen) atoms. The summed E-state index contributed by atoms with van der Waals surface area (Å²) in [5.41, 5.74) is 4.20. The molecule has 4 heteroatoms. The first-order valence-corrected chi connectivity index (χ1v) is 8.23. The zero-order chi connectivity index (χ0) is 17.5. The van der Waals surface area contributed by atoms with Crippen LogP contribution in [0.15, 0.2) is 42.5 Å². The van der Waals surface area contributed by atoms with Crippen molar-refractivity contribution in [1.82, 2.24) is 4.90 Å². The molecule has 0 aliphatic heterocycles. The molecule has 2 rings (SSSR count). The lowest BCUT2D eigenvalue weighted by molar-refractivity contribution is 0.0126. The van der Waals surface area contributed by atoms with Crippen molar-refractivity contribution in [2.45, 2.75) is 33.1 Å². The van der Waals surface area contributed by atoms with Crippen LogP contribution in [0.3, 0.4) is 0 Å². The minimum absolute atomic E-state index is 0.290. The van der Waals surface area contributed by atoms with Gasteiger partial charge in [-0.3, -0.25) is 4.90 Å². The topological polar surface area (TPSA) is 52.9 Å². The van der Waals surface area contributed by atoms with Crippen molar-refractivity contribution < 1.29 is 14.9 Å². The smallest absolute Gasteiger partial charge is 0.120 e. The lowest BCUT2D eigenvalue weighted by Crippen LogP contribution is -2.31. The van der Waals surface area contributed by atoms with E-state index in [9.17, 15) is 10.2 Å². The Labute approximate surface area is 144 Å². The highest BCUT2D eigenvalue weighted by Crippen LogP contribution is 2.23. The maximum absolute atomic E-state index is 10.1. The number of aryl methyl sites for hydroxylation is 2. The van der Waals surface area contributed by atoms with Crippen molar-refractivity contribution in [3.05, 3.63) is 64.7 Å². The summed E-state index contributed by atoms with van der Waals surface area (Å²) in [5, 5.41) is 20.2. The monoisotopic (exact) mass is 329 g/mol. The maximum atomic E-state index is 10.1. The van der Waals surface area contributed by atoms with Gasteiger partial charge in [-0.1, -0.05) is 36.4 Å². The van der Waals surface area contributed by atoms with Gasteiger partial charge in [0.1, 0.15) is 5.75 Å². The van der Waals surface area contributed by atoms with E-state index in [4.69, 9.17) is 4.74 Å². The molecule has 0 saturated heterocycles. The van der Waals surface area contributed by atoms with Crippen LogP contribution < -0.4 is 0 Å². The average molecular weight is 329 g/mol. The lowest BCUT2D eigenvalue weighted by atomic mass is 10.0. The Kier molecular flexibility index (Phi) is 6.79. The second-order valence-electron chi connectivity index (χ2n) is 6.42. The Morgan fingerprint density at radius 1 is 1.08 bits per heavy atom. The molecule has 0 heterocycles. The number of rotatable bonds is 8. The predicted molar refractivity (Wildman–Crippen MR) is 96.0 cm³/mol. The summed E-state index contributed by atoms with van der Waals surface area (Å²) in [7, 11) is 1.93. The third kappa shape index (κ3) is 5.64. The zero-order valence-corrected chi connectivity index (χ0v) is 14.7. The molecule has 2 aromatic carbocycles. The molecule has 0 saturated carbocycles. The Hall–Kier alpha value is -1.88. The quantitative estimate of drug-likeness (QED) is 0.782. The first kappa shape index (κ1) is 18.5. The van der Waals surface area contributed by atoms with Crippen LogP contribution in [0.1, 0.15) is 22.3 Å². The summed E-state index contributed by atoms with van der Waals surface area (Å²) in [6.07, 6.45) is -0.563. The highest BCUT2D eigenvalue weighted by atomic mass is 16.5. The minimum Gasteiger partial charge on any atom is -0.508 e. The largest absolute Gasteiger partial charge is 0.508 e. The van der Waals surface area contributed by atoms with E-state index in [1.165, 1.54) is 0 Å². The fourth-order valence-corrected chi connectivity index (χ4v) is 2.64. The molecule has 0 radical (unpaired) electrons. The van der Waals surface area contributed by atoms with Gasteiger partial charge in [-0.05, 0) is 43.7 Å². The molecule has 2 N–H and O–H groups in total. The Morgan fingerprint density at radius 3 is 2.46 bits per heavy atom. The van der Waals surface area contributed by atoms with E-state index < -0.39 is 6.10 Å². The summed E-state index contributed by atoms with van der Waals surface area (Å²) in [6.45, 7) is 5.88. The molecule has 0 fully saturated rings. The summed E-state index contributed by atoms with van der Waals surface area (Å²) in [6, 6.07) is 13.7. The molecule has 0 amide bonds. The predicted octanol–water partition coefficient (Wildman–Crippen LogP) is 3.02. The number of aromatic hydroxyl groups is 1. The number of ether oxygens (including phenoxy) is 1. The summed E-state index contributed by atoms with van der Waals surface area (Å²) in [4.78, 5) is 1.99. The first-order valence-electron chi connectivity index (χ1n) is 8.23. The van der Waals surface area contributed by atoms with E-state index in [2.05, 4.69) is 0 Å². The van der Waals surface area contributed by atoms with Crippen molar-refractivity contribution >= 4 is 0 Å². The lowest BCUT2D eigenvalue weighted by Gasteiger charge is -2.21. The van der Waals surface area contributed by atoms with Gasteiger partial charge < -0.3 is 14.9 Å². The van der Waals surface area contributed by atoms with Gasteiger partial charge in [-0.2, -0.15) is 0 Å². The van der Waals surface area contributed by atoms with Crippen molar-refractivity contribution in [2.24, 2.45) is 0 Å². The number of hydrogen-bond donors (Lipinski definition) is 2. The molecule has 2 aromatic rings. The second kappa shape index (κ2) is 8.83. The van der Waals surface area contributed by atoms with Gasteiger partial charge in [0.15, 0.2) is 0 Å². The second-order valence-corrected chi connectivity index (χ2v) is 6.42. The van der Waals surface area contributed by atoms with Crippen LogP contribution in [-0.2, 0) is 17.9 Å². The number of nitrogens with zero attached hydrogens (tertiary/aromatic N) is 1.